The lowest BCUT2D eigenvalue weighted by Gasteiger charge is -2.23. The summed E-state index contributed by atoms with van der Waals surface area (Å²) in [7, 11) is 1.71. The first-order chi connectivity index (χ1) is 10.2. The highest BCUT2D eigenvalue weighted by molar-refractivity contribution is 6.31. The lowest BCUT2D eigenvalue weighted by molar-refractivity contribution is 0.107. The molecule has 1 aliphatic rings. The third kappa shape index (κ3) is 3.10. The van der Waals surface area contributed by atoms with Gasteiger partial charge in [0.2, 0.25) is 0 Å². The predicted molar refractivity (Wildman–Crippen MR) is 78.6 cm³/mol. The number of halogens is 2. The normalized spacial score (nSPS) is 22.8. The number of ether oxygens (including phenoxy) is 1. The van der Waals surface area contributed by atoms with Crippen molar-refractivity contribution >= 4 is 11.6 Å². The molecular weight excluding hydrogens is 293 g/mol. The molecule has 3 rings (SSSR count). The summed E-state index contributed by atoms with van der Waals surface area (Å²) in [6, 6.07) is 4.58. The number of imidazole rings is 1. The van der Waals surface area contributed by atoms with E-state index in [2.05, 4.69) is 14.9 Å². The van der Waals surface area contributed by atoms with Gasteiger partial charge in [0.15, 0.2) is 0 Å². The zero-order chi connectivity index (χ0) is 14.8. The van der Waals surface area contributed by atoms with Gasteiger partial charge in [0.25, 0.3) is 0 Å². The van der Waals surface area contributed by atoms with Crippen molar-refractivity contribution < 1.29 is 9.13 Å². The SMILES string of the molecule is CO[C@@H]1CC(c2ncc[nH]2)N(Cc2cc(F)ccc2Cl)C1. The van der Waals surface area contributed by atoms with Crippen molar-refractivity contribution in [2.24, 2.45) is 0 Å². The Bertz CT molecular complexity index is 605. The zero-order valence-corrected chi connectivity index (χ0v) is 12.5. The first-order valence-corrected chi connectivity index (χ1v) is 7.25. The van der Waals surface area contributed by atoms with Crippen LogP contribution in [0.2, 0.25) is 5.02 Å². The van der Waals surface area contributed by atoms with E-state index in [1.807, 2.05) is 6.20 Å². The van der Waals surface area contributed by atoms with E-state index in [0.29, 0.717) is 11.6 Å². The maximum Gasteiger partial charge on any atom is 0.123 e. The van der Waals surface area contributed by atoms with E-state index in [-0.39, 0.29) is 18.0 Å². The van der Waals surface area contributed by atoms with E-state index in [4.69, 9.17) is 16.3 Å². The average Bonchev–Trinajstić information content (AvgIpc) is 3.11. The first kappa shape index (κ1) is 14.5. The largest absolute Gasteiger partial charge is 0.380 e. The smallest absolute Gasteiger partial charge is 0.123 e. The van der Waals surface area contributed by atoms with Crippen LogP contribution in [0.3, 0.4) is 0 Å². The van der Waals surface area contributed by atoms with Crippen molar-refractivity contribution in [3.05, 3.63) is 52.8 Å². The van der Waals surface area contributed by atoms with E-state index in [1.165, 1.54) is 12.1 Å². The van der Waals surface area contributed by atoms with Gasteiger partial charge in [-0.25, -0.2) is 9.37 Å². The van der Waals surface area contributed by atoms with Crippen molar-refractivity contribution in [1.29, 1.82) is 0 Å². The molecule has 1 aromatic heterocycles. The van der Waals surface area contributed by atoms with Crippen LogP contribution in [0, 0.1) is 5.82 Å². The van der Waals surface area contributed by atoms with Gasteiger partial charge in [0.05, 0.1) is 12.1 Å². The Labute approximate surface area is 127 Å². The highest BCUT2D eigenvalue weighted by Crippen LogP contribution is 2.33. The van der Waals surface area contributed by atoms with E-state index in [0.717, 1.165) is 24.4 Å². The molecule has 2 aromatic rings. The Morgan fingerprint density at radius 2 is 2.38 bits per heavy atom. The summed E-state index contributed by atoms with van der Waals surface area (Å²) in [6.07, 6.45) is 4.55. The molecule has 0 bridgehead atoms. The number of hydrogen-bond donors (Lipinski definition) is 1. The van der Waals surface area contributed by atoms with Crippen molar-refractivity contribution in [2.75, 3.05) is 13.7 Å². The first-order valence-electron chi connectivity index (χ1n) is 6.87. The van der Waals surface area contributed by atoms with E-state index >= 15 is 0 Å². The summed E-state index contributed by atoms with van der Waals surface area (Å²) in [4.78, 5) is 9.71. The van der Waals surface area contributed by atoms with Crippen LogP contribution in [0.25, 0.3) is 0 Å². The molecule has 21 heavy (non-hydrogen) atoms. The van der Waals surface area contributed by atoms with Crippen molar-refractivity contribution in [3.8, 4) is 0 Å². The summed E-state index contributed by atoms with van der Waals surface area (Å²) in [5.74, 6) is 0.633. The number of aromatic amines is 1. The standard InChI is InChI=1S/C15H17ClFN3O/c1-21-12-7-14(15-18-4-5-19-15)20(9-12)8-10-6-11(17)2-3-13(10)16/h2-6,12,14H,7-9H2,1H3,(H,18,19)/t12-,14?/m1/s1. The summed E-state index contributed by atoms with van der Waals surface area (Å²) in [5.41, 5.74) is 0.782. The minimum absolute atomic E-state index is 0.129. The number of aromatic nitrogens is 2. The quantitative estimate of drug-likeness (QED) is 0.943. The molecule has 4 nitrogen and oxygen atoms in total. The van der Waals surface area contributed by atoms with Crippen molar-refractivity contribution in [2.45, 2.75) is 25.1 Å². The van der Waals surface area contributed by atoms with Crippen LogP contribution in [0.1, 0.15) is 23.9 Å². The Kier molecular flexibility index (Phi) is 4.24. The molecule has 1 aromatic carbocycles. The number of nitrogens with one attached hydrogen (secondary N) is 1. The number of likely N-dealkylation sites (tertiary alicyclic amines) is 1. The van der Waals surface area contributed by atoms with Crippen LogP contribution in [-0.4, -0.2) is 34.6 Å². The molecule has 1 aliphatic heterocycles. The van der Waals surface area contributed by atoms with Gasteiger partial charge in [-0.1, -0.05) is 11.6 Å². The second kappa shape index (κ2) is 6.13. The maximum atomic E-state index is 13.4. The van der Waals surface area contributed by atoms with Crippen LogP contribution < -0.4 is 0 Å². The highest BCUT2D eigenvalue weighted by atomic mass is 35.5. The molecule has 0 radical (unpaired) electrons. The summed E-state index contributed by atoms with van der Waals surface area (Å²) in [5, 5.41) is 0.579. The highest BCUT2D eigenvalue weighted by Gasteiger charge is 2.34. The van der Waals surface area contributed by atoms with Crippen molar-refractivity contribution in [1.82, 2.24) is 14.9 Å². The lowest BCUT2D eigenvalue weighted by atomic mass is 10.1. The van der Waals surface area contributed by atoms with E-state index < -0.39 is 0 Å². The third-order valence-electron chi connectivity index (χ3n) is 3.91. The van der Waals surface area contributed by atoms with Crippen molar-refractivity contribution in [3.63, 3.8) is 0 Å². The minimum Gasteiger partial charge on any atom is -0.380 e. The van der Waals surface area contributed by atoms with Gasteiger partial charge in [-0.3, -0.25) is 4.90 Å². The number of rotatable bonds is 4. The Morgan fingerprint density at radius 1 is 1.52 bits per heavy atom. The number of hydrogen-bond acceptors (Lipinski definition) is 3. The fourth-order valence-electron chi connectivity index (χ4n) is 2.83. The van der Waals surface area contributed by atoms with Gasteiger partial charge in [0.1, 0.15) is 11.6 Å². The summed E-state index contributed by atoms with van der Waals surface area (Å²) in [6.45, 7) is 1.34. The molecule has 1 saturated heterocycles. The minimum atomic E-state index is -0.272. The molecule has 2 atom stereocenters. The van der Waals surface area contributed by atoms with E-state index in [1.54, 1.807) is 19.4 Å². The van der Waals surface area contributed by atoms with Gasteiger partial charge >= 0.3 is 0 Å². The van der Waals surface area contributed by atoms with Crippen LogP contribution >= 0.6 is 11.6 Å². The predicted octanol–water partition coefficient (Wildman–Crippen LogP) is 3.16. The number of nitrogens with zero attached hydrogens (tertiary/aromatic N) is 2. The molecule has 1 unspecified atom stereocenters. The third-order valence-corrected chi connectivity index (χ3v) is 4.28. The second-order valence-corrected chi connectivity index (χ2v) is 5.66. The molecular formula is C15H17ClFN3O. The Morgan fingerprint density at radius 3 is 3.10 bits per heavy atom. The molecule has 6 heteroatoms. The topological polar surface area (TPSA) is 41.1 Å². The van der Waals surface area contributed by atoms with Gasteiger partial charge in [-0.15, -0.1) is 0 Å². The maximum absolute atomic E-state index is 13.4. The van der Waals surface area contributed by atoms with Gasteiger partial charge in [-0.05, 0) is 30.2 Å². The number of H-pyrrole nitrogens is 1. The number of methoxy groups -OCH3 is 1. The van der Waals surface area contributed by atoms with Gasteiger partial charge in [0, 0.05) is 37.6 Å². The Hall–Kier alpha value is -1.43. The molecule has 1 N–H and O–H groups in total. The molecule has 0 amide bonds. The average molecular weight is 310 g/mol. The molecule has 112 valence electrons. The molecule has 0 aliphatic carbocycles. The summed E-state index contributed by atoms with van der Waals surface area (Å²) < 4.78 is 18.9. The van der Waals surface area contributed by atoms with Crippen LogP contribution in [-0.2, 0) is 11.3 Å². The monoisotopic (exact) mass is 309 g/mol. The fraction of sp³-hybridized carbons (Fsp3) is 0.400. The summed E-state index contributed by atoms with van der Waals surface area (Å²) >= 11 is 6.17. The Balaban J connectivity index is 1.83. The zero-order valence-electron chi connectivity index (χ0n) is 11.7. The van der Waals surface area contributed by atoms with Crippen LogP contribution in [0.15, 0.2) is 30.6 Å². The second-order valence-electron chi connectivity index (χ2n) is 5.25. The van der Waals surface area contributed by atoms with Gasteiger partial charge in [-0.2, -0.15) is 0 Å². The molecule has 0 spiro atoms. The van der Waals surface area contributed by atoms with E-state index in [9.17, 15) is 4.39 Å². The van der Waals surface area contributed by atoms with Crippen LogP contribution in [0.5, 0.6) is 0 Å². The molecule has 0 saturated carbocycles. The molecule has 1 fully saturated rings. The fourth-order valence-corrected chi connectivity index (χ4v) is 3.01. The lowest BCUT2D eigenvalue weighted by Crippen LogP contribution is -2.25. The van der Waals surface area contributed by atoms with Crippen LogP contribution in [0.4, 0.5) is 4.39 Å². The molecule has 2 heterocycles. The number of benzene rings is 1. The van der Waals surface area contributed by atoms with Gasteiger partial charge < -0.3 is 9.72 Å².